The molecule has 0 saturated carbocycles. The molecule has 0 aromatic heterocycles. The van der Waals surface area contributed by atoms with Crippen molar-refractivity contribution in [3.8, 4) is 0 Å². The molecule has 1 aromatic carbocycles. The summed E-state index contributed by atoms with van der Waals surface area (Å²) in [5, 5.41) is 6.33. The largest absolute Gasteiger partial charge is 0.318 e. The minimum Gasteiger partial charge on any atom is -0.318 e. The summed E-state index contributed by atoms with van der Waals surface area (Å²) in [4.78, 5) is 0. The van der Waals surface area contributed by atoms with Crippen molar-refractivity contribution in [1.29, 1.82) is 0 Å². The fourth-order valence-corrected chi connectivity index (χ4v) is 1.77. The Morgan fingerprint density at radius 2 is 2.14 bits per heavy atom. The Labute approximate surface area is 97.4 Å². The van der Waals surface area contributed by atoms with E-state index in [1.807, 2.05) is 13.1 Å². The van der Waals surface area contributed by atoms with Gasteiger partial charge in [0.1, 0.15) is 5.82 Å². The Kier molecular flexibility index (Phi) is 5.36. The molecule has 1 aromatic rings. The second kappa shape index (κ2) is 6.31. The van der Waals surface area contributed by atoms with Gasteiger partial charge in [-0.15, -0.1) is 0 Å². The van der Waals surface area contributed by atoms with Crippen molar-refractivity contribution in [3.05, 3.63) is 33.1 Å². The molecule has 2 nitrogen and oxygen atoms in total. The first kappa shape index (κ1) is 11.9. The molecule has 0 aliphatic rings. The molecule has 0 fully saturated rings. The Morgan fingerprint density at radius 1 is 1.36 bits per heavy atom. The average molecular weight is 308 g/mol. The Bertz CT molecular complexity index is 291. The van der Waals surface area contributed by atoms with Crippen molar-refractivity contribution in [1.82, 2.24) is 10.6 Å². The van der Waals surface area contributed by atoms with E-state index in [1.165, 1.54) is 6.07 Å². The lowest BCUT2D eigenvalue weighted by atomic mass is 10.2. The van der Waals surface area contributed by atoms with Crippen LogP contribution in [0.25, 0.3) is 0 Å². The molecule has 0 spiro atoms. The van der Waals surface area contributed by atoms with Gasteiger partial charge in [0.05, 0.1) is 0 Å². The second-order valence-corrected chi connectivity index (χ2v) is 4.18. The molecule has 0 amide bonds. The van der Waals surface area contributed by atoms with Crippen molar-refractivity contribution in [2.24, 2.45) is 0 Å². The van der Waals surface area contributed by atoms with Gasteiger partial charge < -0.3 is 10.6 Å². The standard InChI is InChI=1S/C10H14FIN2/c1-13-4-5-14-7-8-2-3-9(11)6-10(8)12/h2-3,6,13-14H,4-5,7H2,1H3. The van der Waals surface area contributed by atoms with E-state index in [2.05, 4.69) is 33.2 Å². The molecule has 1 rings (SSSR count). The summed E-state index contributed by atoms with van der Waals surface area (Å²) in [5.74, 6) is -0.173. The number of hydrogen-bond donors (Lipinski definition) is 2. The fraction of sp³-hybridized carbons (Fsp3) is 0.400. The lowest BCUT2D eigenvalue weighted by Crippen LogP contribution is -2.24. The quantitative estimate of drug-likeness (QED) is 0.639. The van der Waals surface area contributed by atoms with E-state index in [4.69, 9.17) is 0 Å². The molecule has 0 atom stereocenters. The third-order valence-corrected chi connectivity index (χ3v) is 2.89. The normalized spacial score (nSPS) is 10.5. The Hall–Kier alpha value is -0.200. The zero-order valence-corrected chi connectivity index (χ0v) is 10.3. The van der Waals surface area contributed by atoms with Gasteiger partial charge in [-0.1, -0.05) is 6.07 Å². The third kappa shape index (κ3) is 3.89. The van der Waals surface area contributed by atoms with Gasteiger partial charge in [0, 0.05) is 23.2 Å². The first-order valence-electron chi connectivity index (χ1n) is 4.53. The fourth-order valence-electron chi connectivity index (χ4n) is 1.10. The van der Waals surface area contributed by atoms with E-state index in [0.717, 1.165) is 28.8 Å². The summed E-state index contributed by atoms with van der Waals surface area (Å²) in [7, 11) is 1.92. The summed E-state index contributed by atoms with van der Waals surface area (Å²) in [6.07, 6.45) is 0. The molecule has 78 valence electrons. The highest BCUT2D eigenvalue weighted by atomic mass is 127. The molecule has 0 aliphatic heterocycles. The smallest absolute Gasteiger partial charge is 0.124 e. The van der Waals surface area contributed by atoms with E-state index in [0.29, 0.717) is 0 Å². The van der Waals surface area contributed by atoms with Crippen molar-refractivity contribution >= 4 is 22.6 Å². The van der Waals surface area contributed by atoms with Crippen molar-refractivity contribution in [3.63, 3.8) is 0 Å². The van der Waals surface area contributed by atoms with Crippen LogP contribution < -0.4 is 10.6 Å². The maximum Gasteiger partial charge on any atom is 0.124 e. The van der Waals surface area contributed by atoms with E-state index in [9.17, 15) is 4.39 Å². The highest BCUT2D eigenvalue weighted by molar-refractivity contribution is 14.1. The van der Waals surface area contributed by atoms with Crippen LogP contribution in [0.5, 0.6) is 0 Å². The average Bonchev–Trinajstić information content (AvgIpc) is 2.15. The maximum atomic E-state index is 12.8. The highest BCUT2D eigenvalue weighted by Gasteiger charge is 2.00. The van der Waals surface area contributed by atoms with Gasteiger partial charge in [-0.05, 0) is 47.3 Å². The van der Waals surface area contributed by atoms with Gasteiger partial charge in [0.15, 0.2) is 0 Å². The van der Waals surface area contributed by atoms with E-state index in [-0.39, 0.29) is 5.82 Å². The lowest BCUT2D eigenvalue weighted by Gasteiger charge is -2.06. The predicted molar refractivity (Wildman–Crippen MR) is 64.8 cm³/mol. The summed E-state index contributed by atoms with van der Waals surface area (Å²) in [6.45, 7) is 2.65. The van der Waals surface area contributed by atoms with Crippen LogP contribution in [0, 0.1) is 9.39 Å². The predicted octanol–water partition coefficient (Wildman–Crippen LogP) is 1.74. The lowest BCUT2D eigenvalue weighted by molar-refractivity contribution is 0.621. The number of likely N-dealkylation sites (N-methyl/N-ethyl adjacent to an activating group) is 1. The van der Waals surface area contributed by atoms with Crippen LogP contribution in [-0.4, -0.2) is 20.1 Å². The van der Waals surface area contributed by atoms with Crippen LogP contribution in [0.3, 0.4) is 0 Å². The number of rotatable bonds is 5. The van der Waals surface area contributed by atoms with Gasteiger partial charge in [0.25, 0.3) is 0 Å². The molecule has 2 N–H and O–H groups in total. The Morgan fingerprint density at radius 3 is 2.79 bits per heavy atom. The van der Waals surface area contributed by atoms with Gasteiger partial charge in [0.2, 0.25) is 0 Å². The summed E-state index contributed by atoms with van der Waals surface area (Å²) < 4.78 is 13.7. The molecule has 0 heterocycles. The molecule has 0 radical (unpaired) electrons. The topological polar surface area (TPSA) is 24.1 Å². The first-order valence-corrected chi connectivity index (χ1v) is 5.61. The number of benzene rings is 1. The van der Waals surface area contributed by atoms with Crippen LogP contribution in [0.2, 0.25) is 0 Å². The van der Waals surface area contributed by atoms with Gasteiger partial charge in [-0.2, -0.15) is 0 Å². The zero-order valence-electron chi connectivity index (χ0n) is 8.11. The van der Waals surface area contributed by atoms with Crippen LogP contribution >= 0.6 is 22.6 Å². The van der Waals surface area contributed by atoms with Crippen LogP contribution in [-0.2, 0) is 6.54 Å². The highest BCUT2D eigenvalue weighted by Crippen LogP contribution is 2.13. The molecule has 0 saturated heterocycles. The second-order valence-electron chi connectivity index (χ2n) is 3.02. The van der Waals surface area contributed by atoms with Crippen molar-refractivity contribution in [2.75, 3.05) is 20.1 Å². The van der Waals surface area contributed by atoms with Crippen LogP contribution in [0.1, 0.15) is 5.56 Å². The van der Waals surface area contributed by atoms with Gasteiger partial charge in [-0.25, -0.2) is 4.39 Å². The monoisotopic (exact) mass is 308 g/mol. The van der Waals surface area contributed by atoms with E-state index < -0.39 is 0 Å². The number of halogens is 2. The van der Waals surface area contributed by atoms with Crippen molar-refractivity contribution in [2.45, 2.75) is 6.54 Å². The number of nitrogens with one attached hydrogen (secondary N) is 2. The van der Waals surface area contributed by atoms with Crippen LogP contribution in [0.4, 0.5) is 4.39 Å². The zero-order chi connectivity index (χ0) is 10.4. The minimum absolute atomic E-state index is 0.173. The van der Waals surface area contributed by atoms with Crippen LogP contribution in [0.15, 0.2) is 18.2 Å². The van der Waals surface area contributed by atoms with Crippen molar-refractivity contribution < 1.29 is 4.39 Å². The molecule has 4 heteroatoms. The molecule has 14 heavy (non-hydrogen) atoms. The molecule has 0 unspecified atom stereocenters. The molecular weight excluding hydrogens is 294 g/mol. The van der Waals surface area contributed by atoms with E-state index in [1.54, 1.807) is 6.07 Å². The summed E-state index contributed by atoms with van der Waals surface area (Å²) in [5.41, 5.74) is 1.14. The summed E-state index contributed by atoms with van der Waals surface area (Å²) >= 11 is 2.15. The number of hydrogen-bond acceptors (Lipinski definition) is 2. The third-order valence-electron chi connectivity index (χ3n) is 1.88. The van der Waals surface area contributed by atoms with E-state index >= 15 is 0 Å². The maximum absolute atomic E-state index is 12.8. The first-order chi connectivity index (χ1) is 6.74. The molecular formula is C10H14FIN2. The summed E-state index contributed by atoms with van der Waals surface area (Å²) in [6, 6.07) is 4.87. The van der Waals surface area contributed by atoms with Gasteiger partial charge in [-0.3, -0.25) is 0 Å². The molecule has 0 bridgehead atoms. The minimum atomic E-state index is -0.173. The molecule has 0 aliphatic carbocycles. The Balaban J connectivity index is 2.42. The SMILES string of the molecule is CNCCNCc1ccc(F)cc1I. The van der Waals surface area contributed by atoms with Gasteiger partial charge >= 0.3 is 0 Å².